The molecule has 0 atom stereocenters. The van der Waals surface area contributed by atoms with E-state index in [1.165, 1.54) is 11.1 Å². The first-order valence-corrected chi connectivity index (χ1v) is 17.0. The molecule has 3 heteroatoms. The van der Waals surface area contributed by atoms with Crippen LogP contribution >= 0.6 is 0 Å². The lowest BCUT2D eigenvalue weighted by Crippen LogP contribution is -2.10. The summed E-state index contributed by atoms with van der Waals surface area (Å²) in [6, 6.07) is 70.9. The van der Waals surface area contributed by atoms with Crippen molar-refractivity contribution in [2.75, 3.05) is 4.90 Å². The maximum Gasteiger partial charge on any atom is 0.101 e. The minimum absolute atomic E-state index is 0.961. The lowest BCUT2D eigenvalue weighted by molar-refractivity contribution is 0.979. The van der Waals surface area contributed by atoms with Crippen LogP contribution in [0.1, 0.15) is 0 Å². The summed E-state index contributed by atoms with van der Waals surface area (Å²) >= 11 is 0. The normalized spacial score (nSPS) is 11.2. The Hall–Kier alpha value is -6.71. The van der Waals surface area contributed by atoms with Gasteiger partial charge in [0.15, 0.2) is 0 Å². The van der Waals surface area contributed by atoms with E-state index in [4.69, 9.17) is 5.10 Å². The molecule has 7 aromatic carbocycles. The van der Waals surface area contributed by atoms with Crippen LogP contribution in [0.15, 0.2) is 200 Å². The molecule has 2 aromatic heterocycles. The predicted molar refractivity (Wildman–Crippen MR) is 209 cm³/mol. The van der Waals surface area contributed by atoms with Gasteiger partial charge in [0.05, 0.1) is 11.2 Å². The minimum atomic E-state index is 0.961. The lowest BCUT2D eigenvalue weighted by Gasteiger charge is -2.26. The number of para-hydroxylation sites is 1. The van der Waals surface area contributed by atoms with Crippen LogP contribution < -0.4 is 4.90 Å². The molecule has 0 saturated heterocycles. The number of hydrogen-bond donors (Lipinski definition) is 0. The SMILES string of the molecule is c1ccc(-c2cccc(N(c3ccccc3)c3ccc4cc(-c5ccccc5)n5nc(-c6ccccc6)c(-c6ccccc6)c5c4c3)c2)cc1. The van der Waals surface area contributed by atoms with Gasteiger partial charge in [-0.1, -0.05) is 158 Å². The smallest absolute Gasteiger partial charge is 0.101 e. The summed E-state index contributed by atoms with van der Waals surface area (Å²) in [5, 5.41) is 7.72. The average Bonchev–Trinajstić information content (AvgIpc) is 3.61. The van der Waals surface area contributed by atoms with E-state index in [2.05, 4.69) is 210 Å². The number of pyridine rings is 1. The van der Waals surface area contributed by atoms with Gasteiger partial charge in [0.1, 0.15) is 5.69 Å². The van der Waals surface area contributed by atoms with Crippen LogP contribution in [-0.2, 0) is 0 Å². The molecule has 0 amide bonds. The number of benzene rings is 7. The van der Waals surface area contributed by atoms with Crippen molar-refractivity contribution in [3.63, 3.8) is 0 Å². The molecule has 0 saturated carbocycles. The molecule has 3 nitrogen and oxygen atoms in total. The second-order valence-electron chi connectivity index (χ2n) is 12.5. The van der Waals surface area contributed by atoms with Gasteiger partial charge in [0, 0.05) is 39.1 Å². The van der Waals surface area contributed by atoms with Gasteiger partial charge in [-0.25, -0.2) is 4.52 Å². The molecule has 0 spiro atoms. The van der Waals surface area contributed by atoms with Gasteiger partial charge in [0.25, 0.3) is 0 Å². The number of anilines is 3. The maximum atomic E-state index is 5.42. The van der Waals surface area contributed by atoms with Crippen LogP contribution in [0.3, 0.4) is 0 Å². The number of aromatic nitrogens is 2. The zero-order chi connectivity index (χ0) is 33.3. The molecule has 0 fully saturated rings. The van der Waals surface area contributed by atoms with Crippen molar-refractivity contribution < 1.29 is 0 Å². The van der Waals surface area contributed by atoms with Crippen molar-refractivity contribution in [1.82, 2.24) is 9.61 Å². The Labute approximate surface area is 292 Å². The molecule has 0 aliphatic heterocycles. The fourth-order valence-electron chi connectivity index (χ4n) is 7.03. The van der Waals surface area contributed by atoms with E-state index in [1.54, 1.807) is 0 Å². The zero-order valence-corrected chi connectivity index (χ0v) is 27.4. The molecule has 2 heterocycles. The van der Waals surface area contributed by atoms with Crippen molar-refractivity contribution in [1.29, 1.82) is 0 Å². The van der Waals surface area contributed by atoms with Crippen molar-refractivity contribution in [2.24, 2.45) is 0 Å². The zero-order valence-electron chi connectivity index (χ0n) is 27.4. The molecule has 0 N–H and O–H groups in total. The second kappa shape index (κ2) is 12.7. The van der Waals surface area contributed by atoms with E-state index >= 15 is 0 Å². The highest BCUT2D eigenvalue weighted by Crippen LogP contribution is 2.43. The van der Waals surface area contributed by atoms with Crippen molar-refractivity contribution in [3.05, 3.63) is 200 Å². The summed E-state index contributed by atoms with van der Waals surface area (Å²) in [6.07, 6.45) is 0. The Morgan fingerprint density at radius 3 is 1.56 bits per heavy atom. The molecule has 0 unspecified atom stereocenters. The highest BCUT2D eigenvalue weighted by Gasteiger charge is 2.23. The highest BCUT2D eigenvalue weighted by atomic mass is 15.2. The van der Waals surface area contributed by atoms with Gasteiger partial charge in [-0.2, -0.15) is 5.10 Å². The van der Waals surface area contributed by atoms with E-state index in [1.807, 2.05) is 0 Å². The fraction of sp³-hybridized carbons (Fsp3) is 0. The largest absolute Gasteiger partial charge is 0.310 e. The topological polar surface area (TPSA) is 20.5 Å². The van der Waals surface area contributed by atoms with Crippen molar-refractivity contribution in [3.8, 4) is 44.8 Å². The van der Waals surface area contributed by atoms with Crippen LogP contribution in [0.4, 0.5) is 17.1 Å². The molecule has 236 valence electrons. The van der Waals surface area contributed by atoms with E-state index in [0.717, 1.165) is 67.0 Å². The van der Waals surface area contributed by atoms with Gasteiger partial charge >= 0.3 is 0 Å². The highest BCUT2D eigenvalue weighted by molar-refractivity contribution is 6.10. The van der Waals surface area contributed by atoms with E-state index in [9.17, 15) is 0 Å². The molecule has 0 bridgehead atoms. The predicted octanol–water partition coefficient (Wildman–Crippen LogP) is 12.6. The molecule has 0 aliphatic rings. The van der Waals surface area contributed by atoms with Gasteiger partial charge < -0.3 is 4.90 Å². The van der Waals surface area contributed by atoms with E-state index in [-0.39, 0.29) is 0 Å². The Bertz CT molecular complexity index is 2560. The molecule has 0 aliphatic carbocycles. The quantitative estimate of drug-likeness (QED) is 0.173. The summed E-state index contributed by atoms with van der Waals surface area (Å²) in [5.41, 5.74) is 13.2. The summed E-state index contributed by atoms with van der Waals surface area (Å²) in [4.78, 5) is 2.35. The Morgan fingerprint density at radius 2 is 0.900 bits per heavy atom. The van der Waals surface area contributed by atoms with E-state index < -0.39 is 0 Å². The van der Waals surface area contributed by atoms with Gasteiger partial charge in [-0.05, 0) is 64.5 Å². The molecule has 50 heavy (non-hydrogen) atoms. The third-order valence-electron chi connectivity index (χ3n) is 9.36. The van der Waals surface area contributed by atoms with Crippen LogP contribution in [0, 0.1) is 0 Å². The lowest BCUT2D eigenvalue weighted by atomic mass is 9.96. The van der Waals surface area contributed by atoms with Crippen LogP contribution in [0.5, 0.6) is 0 Å². The monoisotopic (exact) mass is 639 g/mol. The van der Waals surface area contributed by atoms with Gasteiger partial charge in [-0.15, -0.1) is 0 Å². The first-order valence-electron chi connectivity index (χ1n) is 17.0. The van der Waals surface area contributed by atoms with Crippen LogP contribution in [0.2, 0.25) is 0 Å². The molecule has 9 rings (SSSR count). The fourth-order valence-corrected chi connectivity index (χ4v) is 7.03. The third kappa shape index (κ3) is 5.32. The molecule has 0 radical (unpaired) electrons. The van der Waals surface area contributed by atoms with E-state index in [0.29, 0.717) is 0 Å². The minimum Gasteiger partial charge on any atom is -0.310 e. The second-order valence-corrected chi connectivity index (χ2v) is 12.5. The number of fused-ring (bicyclic) bond motifs is 3. The summed E-state index contributed by atoms with van der Waals surface area (Å²) in [7, 11) is 0. The van der Waals surface area contributed by atoms with Crippen molar-refractivity contribution >= 4 is 33.4 Å². The first kappa shape index (κ1) is 29.4. The van der Waals surface area contributed by atoms with Crippen molar-refractivity contribution in [2.45, 2.75) is 0 Å². The van der Waals surface area contributed by atoms with Crippen LogP contribution in [-0.4, -0.2) is 9.61 Å². The summed E-state index contributed by atoms with van der Waals surface area (Å²) < 4.78 is 2.16. The Kier molecular flexibility index (Phi) is 7.49. The molecule has 9 aromatic rings. The first-order chi connectivity index (χ1) is 24.8. The number of nitrogens with zero attached hydrogens (tertiary/aromatic N) is 3. The molecular formula is C47H33N3. The Balaban J connectivity index is 1.35. The number of rotatable bonds is 7. The van der Waals surface area contributed by atoms with Crippen LogP contribution in [0.25, 0.3) is 61.1 Å². The summed E-state index contributed by atoms with van der Waals surface area (Å²) in [6.45, 7) is 0. The summed E-state index contributed by atoms with van der Waals surface area (Å²) in [5.74, 6) is 0. The van der Waals surface area contributed by atoms with Gasteiger partial charge in [0.2, 0.25) is 0 Å². The number of hydrogen-bond acceptors (Lipinski definition) is 2. The maximum absolute atomic E-state index is 5.42. The Morgan fingerprint density at radius 1 is 0.380 bits per heavy atom. The third-order valence-corrected chi connectivity index (χ3v) is 9.36. The molecular weight excluding hydrogens is 607 g/mol. The van der Waals surface area contributed by atoms with Gasteiger partial charge in [-0.3, -0.25) is 0 Å². The standard InChI is InChI=1S/C47H33N3/c1-6-17-34(18-7-1)38-25-16-28-41(31-38)49(40-26-14-5-15-27-40)42-30-29-39-32-44(35-19-8-2-9-20-35)50-47(43(39)33-42)45(36-21-10-3-11-22-36)46(48-50)37-23-12-4-13-24-37/h1-33H. The average molecular weight is 640 g/mol.